The summed E-state index contributed by atoms with van der Waals surface area (Å²) < 4.78 is 5.66. The molecule has 1 aliphatic rings. The summed E-state index contributed by atoms with van der Waals surface area (Å²) in [6.45, 7) is 14.3. The molecule has 1 saturated heterocycles. The number of aromatic amines is 1. The SMILES string of the molecule is Cc1cnc(-c2ccn[nH]2)c2nc(N3CCOC[C@H]3C)cc(N(C)CC(C)(C)C)c12. The Hall–Kier alpha value is -2.67. The monoisotopic (exact) mass is 408 g/mol. The summed E-state index contributed by atoms with van der Waals surface area (Å²) in [5, 5.41) is 8.33. The minimum Gasteiger partial charge on any atom is -0.377 e. The average Bonchev–Trinajstić information content (AvgIpc) is 3.21. The third kappa shape index (κ3) is 3.99. The van der Waals surface area contributed by atoms with E-state index in [9.17, 15) is 0 Å². The maximum absolute atomic E-state index is 5.66. The molecule has 160 valence electrons. The van der Waals surface area contributed by atoms with Gasteiger partial charge in [-0.05, 0) is 30.9 Å². The summed E-state index contributed by atoms with van der Waals surface area (Å²) in [5.74, 6) is 0.974. The molecule has 3 aromatic heterocycles. The second kappa shape index (κ2) is 7.87. The fourth-order valence-electron chi connectivity index (χ4n) is 4.26. The summed E-state index contributed by atoms with van der Waals surface area (Å²) >= 11 is 0. The molecule has 0 aromatic carbocycles. The summed E-state index contributed by atoms with van der Waals surface area (Å²) in [6.07, 6.45) is 3.69. The van der Waals surface area contributed by atoms with Crippen LogP contribution < -0.4 is 9.80 Å². The summed E-state index contributed by atoms with van der Waals surface area (Å²) in [4.78, 5) is 14.6. The van der Waals surface area contributed by atoms with Crippen molar-refractivity contribution in [1.82, 2.24) is 20.2 Å². The highest BCUT2D eigenvalue weighted by atomic mass is 16.5. The Morgan fingerprint density at radius 1 is 1.33 bits per heavy atom. The van der Waals surface area contributed by atoms with Crippen molar-refractivity contribution in [2.24, 2.45) is 5.41 Å². The van der Waals surface area contributed by atoms with Crippen LogP contribution in [0.15, 0.2) is 24.5 Å². The molecule has 0 amide bonds. The van der Waals surface area contributed by atoms with Crippen LogP contribution in [-0.2, 0) is 4.74 Å². The predicted molar refractivity (Wildman–Crippen MR) is 122 cm³/mol. The molecule has 7 heteroatoms. The Kier molecular flexibility index (Phi) is 5.40. The molecule has 0 saturated carbocycles. The Morgan fingerprint density at radius 3 is 2.80 bits per heavy atom. The zero-order chi connectivity index (χ0) is 21.5. The maximum atomic E-state index is 5.66. The van der Waals surface area contributed by atoms with Crippen LogP contribution in [0.1, 0.15) is 33.3 Å². The molecule has 1 aliphatic heterocycles. The zero-order valence-electron chi connectivity index (χ0n) is 18.9. The van der Waals surface area contributed by atoms with Crippen molar-refractivity contribution in [3.63, 3.8) is 0 Å². The van der Waals surface area contributed by atoms with E-state index in [1.165, 1.54) is 5.69 Å². The Morgan fingerprint density at radius 2 is 2.13 bits per heavy atom. The number of aromatic nitrogens is 4. The maximum Gasteiger partial charge on any atom is 0.131 e. The lowest BCUT2D eigenvalue weighted by molar-refractivity contribution is 0.0986. The average molecular weight is 409 g/mol. The van der Waals surface area contributed by atoms with E-state index < -0.39 is 0 Å². The molecule has 4 rings (SSSR count). The van der Waals surface area contributed by atoms with E-state index >= 15 is 0 Å². The van der Waals surface area contributed by atoms with Crippen molar-refractivity contribution in [2.45, 2.75) is 40.7 Å². The molecular weight excluding hydrogens is 376 g/mol. The van der Waals surface area contributed by atoms with Gasteiger partial charge >= 0.3 is 0 Å². The van der Waals surface area contributed by atoms with E-state index in [-0.39, 0.29) is 11.5 Å². The van der Waals surface area contributed by atoms with Crippen molar-refractivity contribution in [1.29, 1.82) is 0 Å². The van der Waals surface area contributed by atoms with Gasteiger partial charge in [-0.3, -0.25) is 10.1 Å². The first-order valence-corrected chi connectivity index (χ1v) is 10.6. The van der Waals surface area contributed by atoms with Crippen LogP contribution in [0, 0.1) is 12.3 Å². The molecule has 0 spiro atoms. The third-order valence-electron chi connectivity index (χ3n) is 5.53. The second-order valence-corrected chi connectivity index (χ2v) is 9.52. The quantitative estimate of drug-likeness (QED) is 0.703. The molecule has 3 aromatic rings. The lowest BCUT2D eigenvalue weighted by Gasteiger charge is -2.36. The number of anilines is 2. The first-order chi connectivity index (χ1) is 14.2. The fourth-order valence-corrected chi connectivity index (χ4v) is 4.26. The lowest BCUT2D eigenvalue weighted by atomic mass is 9.95. The first kappa shape index (κ1) is 20.6. The van der Waals surface area contributed by atoms with Gasteiger partial charge in [-0.1, -0.05) is 20.8 Å². The van der Waals surface area contributed by atoms with Crippen LogP contribution in [0.5, 0.6) is 0 Å². The van der Waals surface area contributed by atoms with Gasteiger partial charge in [0, 0.05) is 49.7 Å². The molecule has 7 nitrogen and oxygen atoms in total. The third-order valence-corrected chi connectivity index (χ3v) is 5.53. The standard InChI is InChI=1S/C23H32N6O/c1-15-12-24-21(17-7-8-25-27-17)22-20(15)18(28(6)14-23(3,4)5)11-19(26-22)29-9-10-30-13-16(29)2/h7-8,11-12,16H,9-10,13-14H2,1-6H3,(H,25,27)/t16-/m1/s1. The number of hydrogen-bond donors (Lipinski definition) is 1. The smallest absolute Gasteiger partial charge is 0.131 e. The van der Waals surface area contributed by atoms with Gasteiger partial charge in [0.2, 0.25) is 0 Å². The van der Waals surface area contributed by atoms with Gasteiger partial charge in [0.05, 0.1) is 24.9 Å². The molecule has 0 unspecified atom stereocenters. The number of nitrogens with zero attached hydrogens (tertiary/aromatic N) is 5. The number of ether oxygens (including phenoxy) is 1. The largest absolute Gasteiger partial charge is 0.377 e. The highest BCUT2D eigenvalue weighted by Gasteiger charge is 2.25. The molecule has 0 radical (unpaired) electrons. The lowest BCUT2D eigenvalue weighted by Crippen LogP contribution is -2.44. The van der Waals surface area contributed by atoms with Gasteiger partial charge in [-0.25, -0.2) is 4.98 Å². The zero-order valence-corrected chi connectivity index (χ0v) is 18.9. The number of H-pyrrole nitrogens is 1. The highest BCUT2D eigenvalue weighted by Crippen LogP contribution is 2.37. The fraction of sp³-hybridized carbons (Fsp3) is 0.522. The Labute approximate surface area is 178 Å². The number of aryl methyl sites for hydroxylation is 1. The van der Waals surface area contributed by atoms with E-state index in [4.69, 9.17) is 14.7 Å². The molecule has 1 N–H and O–H groups in total. The number of hydrogen-bond acceptors (Lipinski definition) is 6. The summed E-state index contributed by atoms with van der Waals surface area (Å²) in [6, 6.07) is 4.46. The van der Waals surface area contributed by atoms with Crippen molar-refractivity contribution in [3.05, 3.63) is 30.1 Å². The molecule has 30 heavy (non-hydrogen) atoms. The van der Waals surface area contributed by atoms with Crippen LogP contribution in [0.3, 0.4) is 0 Å². The molecule has 0 bridgehead atoms. The Bertz CT molecular complexity index is 1020. The molecule has 1 atom stereocenters. The Balaban J connectivity index is 1.96. The van der Waals surface area contributed by atoms with E-state index in [1.54, 1.807) is 6.20 Å². The van der Waals surface area contributed by atoms with Crippen LogP contribution in [0.4, 0.5) is 11.5 Å². The van der Waals surface area contributed by atoms with E-state index in [1.807, 2.05) is 12.3 Å². The summed E-state index contributed by atoms with van der Waals surface area (Å²) in [5.41, 5.74) is 5.10. The minimum atomic E-state index is 0.171. The topological polar surface area (TPSA) is 70.2 Å². The van der Waals surface area contributed by atoms with E-state index in [0.29, 0.717) is 6.61 Å². The van der Waals surface area contributed by atoms with Gasteiger partial charge in [0.15, 0.2) is 0 Å². The summed E-state index contributed by atoms with van der Waals surface area (Å²) in [7, 11) is 2.17. The van der Waals surface area contributed by atoms with Gasteiger partial charge < -0.3 is 14.5 Å². The van der Waals surface area contributed by atoms with Crippen LogP contribution >= 0.6 is 0 Å². The van der Waals surface area contributed by atoms with E-state index in [2.05, 4.69) is 67.7 Å². The minimum absolute atomic E-state index is 0.171. The molecular formula is C23H32N6O. The van der Waals surface area contributed by atoms with Crippen molar-refractivity contribution in [3.8, 4) is 11.4 Å². The predicted octanol–water partition coefficient (Wildman–Crippen LogP) is 4.04. The number of rotatable bonds is 4. The second-order valence-electron chi connectivity index (χ2n) is 9.52. The normalized spacial score (nSPS) is 17.5. The van der Waals surface area contributed by atoms with Gasteiger partial charge in [0.25, 0.3) is 0 Å². The number of fused-ring (bicyclic) bond motifs is 1. The van der Waals surface area contributed by atoms with Gasteiger partial charge in [-0.2, -0.15) is 5.10 Å². The van der Waals surface area contributed by atoms with Crippen LogP contribution in [0.2, 0.25) is 0 Å². The van der Waals surface area contributed by atoms with E-state index in [0.717, 1.165) is 53.4 Å². The van der Waals surface area contributed by atoms with Crippen LogP contribution in [0.25, 0.3) is 22.3 Å². The molecule has 0 aliphatic carbocycles. The van der Waals surface area contributed by atoms with Gasteiger partial charge in [-0.15, -0.1) is 0 Å². The molecule has 4 heterocycles. The van der Waals surface area contributed by atoms with Crippen LogP contribution in [-0.4, -0.2) is 59.6 Å². The number of pyridine rings is 2. The van der Waals surface area contributed by atoms with Crippen molar-refractivity contribution < 1.29 is 4.74 Å². The number of nitrogens with one attached hydrogen (secondary N) is 1. The highest BCUT2D eigenvalue weighted by molar-refractivity contribution is 6.02. The number of morpholine rings is 1. The van der Waals surface area contributed by atoms with Crippen molar-refractivity contribution >= 4 is 22.4 Å². The first-order valence-electron chi connectivity index (χ1n) is 10.6. The van der Waals surface area contributed by atoms with Gasteiger partial charge in [0.1, 0.15) is 17.0 Å². The van der Waals surface area contributed by atoms with Crippen molar-refractivity contribution in [2.75, 3.05) is 43.2 Å². The molecule has 1 fully saturated rings.